The van der Waals surface area contributed by atoms with Gasteiger partial charge in [0, 0.05) is 30.6 Å². The monoisotopic (exact) mass is 292 g/mol. The standard InChI is InChI=1S/C13H16N4O2S/c1-2-17-7-9(3-4-12(17)18)15-13(19)10-8-20-11(16-10)5-6-14/h3-4,7-8H,2,5-6,14H2,1H3,(H,15,19). The second-order valence-electron chi connectivity index (χ2n) is 4.16. The minimum atomic E-state index is -0.286. The van der Waals surface area contributed by atoms with Crippen LogP contribution in [0.5, 0.6) is 0 Å². The Morgan fingerprint density at radius 2 is 2.30 bits per heavy atom. The van der Waals surface area contributed by atoms with Gasteiger partial charge in [0.05, 0.1) is 10.7 Å². The summed E-state index contributed by atoms with van der Waals surface area (Å²) in [4.78, 5) is 27.7. The first kappa shape index (κ1) is 14.4. The van der Waals surface area contributed by atoms with E-state index >= 15 is 0 Å². The maximum atomic E-state index is 12.0. The van der Waals surface area contributed by atoms with Crippen LogP contribution >= 0.6 is 11.3 Å². The molecular formula is C13H16N4O2S. The van der Waals surface area contributed by atoms with Crippen molar-refractivity contribution in [3.63, 3.8) is 0 Å². The minimum absolute atomic E-state index is 0.0932. The number of thiazole rings is 1. The molecule has 0 aliphatic rings. The van der Waals surface area contributed by atoms with Crippen molar-refractivity contribution >= 4 is 22.9 Å². The highest BCUT2D eigenvalue weighted by Gasteiger charge is 2.11. The molecule has 0 aliphatic carbocycles. The van der Waals surface area contributed by atoms with Crippen molar-refractivity contribution in [2.45, 2.75) is 19.9 Å². The number of carbonyl (C=O) groups excluding carboxylic acids is 1. The van der Waals surface area contributed by atoms with Crippen LogP contribution in [0.2, 0.25) is 0 Å². The van der Waals surface area contributed by atoms with Gasteiger partial charge in [-0.1, -0.05) is 0 Å². The van der Waals surface area contributed by atoms with Crippen molar-refractivity contribution in [2.24, 2.45) is 5.73 Å². The number of amides is 1. The lowest BCUT2D eigenvalue weighted by Gasteiger charge is -2.06. The highest BCUT2D eigenvalue weighted by atomic mass is 32.1. The molecule has 3 N–H and O–H groups in total. The predicted octanol–water partition coefficient (Wildman–Crippen LogP) is 1.08. The molecule has 0 spiro atoms. The molecular weight excluding hydrogens is 276 g/mol. The molecule has 2 heterocycles. The van der Waals surface area contributed by atoms with Crippen LogP contribution in [0.4, 0.5) is 5.69 Å². The first-order valence-electron chi connectivity index (χ1n) is 6.30. The normalized spacial score (nSPS) is 10.5. The molecule has 20 heavy (non-hydrogen) atoms. The lowest BCUT2D eigenvalue weighted by molar-refractivity contribution is 0.102. The van der Waals surface area contributed by atoms with Crippen molar-refractivity contribution in [1.82, 2.24) is 9.55 Å². The maximum absolute atomic E-state index is 12.0. The van der Waals surface area contributed by atoms with Crippen molar-refractivity contribution < 1.29 is 4.79 Å². The number of hydrogen-bond acceptors (Lipinski definition) is 5. The quantitative estimate of drug-likeness (QED) is 0.862. The first-order valence-corrected chi connectivity index (χ1v) is 7.18. The molecule has 106 valence electrons. The van der Waals surface area contributed by atoms with E-state index in [0.717, 1.165) is 5.01 Å². The summed E-state index contributed by atoms with van der Waals surface area (Å²) < 4.78 is 1.52. The summed E-state index contributed by atoms with van der Waals surface area (Å²) in [6.07, 6.45) is 2.28. The van der Waals surface area contributed by atoms with E-state index in [1.54, 1.807) is 17.6 Å². The van der Waals surface area contributed by atoms with Crippen LogP contribution in [-0.4, -0.2) is 22.0 Å². The van der Waals surface area contributed by atoms with Crippen molar-refractivity contribution in [1.29, 1.82) is 0 Å². The zero-order chi connectivity index (χ0) is 14.5. The summed E-state index contributed by atoms with van der Waals surface area (Å²) in [6.45, 7) is 2.93. The molecule has 0 aromatic carbocycles. The molecule has 0 bridgehead atoms. The molecule has 0 aliphatic heterocycles. The summed E-state index contributed by atoms with van der Waals surface area (Å²) in [6, 6.07) is 3.01. The number of anilines is 1. The fourth-order valence-corrected chi connectivity index (χ4v) is 2.50. The molecule has 2 aromatic rings. The summed E-state index contributed by atoms with van der Waals surface area (Å²) >= 11 is 1.42. The van der Waals surface area contributed by atoms with Gasteiger partial charge in [0.25, 0.3) is 11.5 Å². The number of carbonyl (C=O) groups is 1. The highest BCUT2D eigenvalue weighted by Crippen LogP contribution is 2.12. The Balaban J connectivity index is 2.12. The van der Waals surface area contributed by atoms with Crippen LogP contribution < -0.4 is 16.6 Å². The van der Waals surface area contributed by atoms with Gasteiger partial charge in [-0.2, -0.15) is 0 Å². The zero-order valence-electron chi connectivity index (χ0n) is 11.1. The lowest BCUT2D eigenvalue weighted by Crippen LogP contribution is -2.20. The smallest absolute Gasteiger partial charge is 0.275 e. The van der Waals surface area contributed by atoms with E-state index in [1.165, 1.54) is 22.0 Å². The Morgan fingerprint density at radius 3 is 3.00 bits per heavy atom. The van der Waals surface area contributed by atoms with Crippen LogP contribution in [0, 0.1) is 0 Å². The Morgan fingerprint density at radius 1 is 1.50 bits per heavy atom. The molecule has 6 nitrogen and oxygen atoms in total. The molecule has 1 amide bonds. The fourth-order valence-electron chi connectivity index (χ4n) is 1.70. The van der Waals surface area contributed by atoms with Gasteiger partial charge in [0.15, 0.2) is 0 Å². The molecule has 7 heteroatoms. The van der Waals surface area contributed by atoms with E-state index in [-0.39, 0.29) is 11.5 Å². The Labute approximate surface area is 120 Å². The van der Waals surface area contributed by atoms with Crippen LogP contribution in [-0.2, 0) is 13.0 Å². The van der Waals surface area contributed by atoms with Gasteiger partial charge in [0.2, 0.25) is 0 Å². The third kappa shape index (κ3) is 3.31. The second kappa shape index (κ2) is 6.44. The summed E-state index contributed by atoms with van der Waals surface area (Å²) in [5, 5.41) is 5.28. The SMILES string of the molecule is CCn1cc(NC(=O)c2csc(CCN)n2)ccc1=O. The Kier molecular flexibility index (Phi) is 4.65. The van der Waals surface area contributed by atoms with Gasteiger partial charge in [-0.3, -0.25) is 9.59 Å². The molecule has 0 radical (unpaired) electrons. The van der Waals surface area contributed by atoms with E-state index in [0.29, 0.717) is 30.9 Å². The zero-order valence-corrected chi connectivity index (χ0v) is 11.9. The first-order chi connectivity index (χ1) is 9.63. The summed E-state index contributed by atoms with van der Waals surface area (Å²) in [5.41, 5.74) is 6.30. The number of rotatable bonds is 5. The van der Waals surface area contributed by atoms with E-state index < -0.39 is 0 Å². The predicted molar refractivity (Wildman–Crippen MR) is 79.2 cm³/mol. The number of nitrogens with two attached hydrogens (primary N) is 1. The topological polar surface area (TPSA) is 90.0 Å². The van der Waals surface area contributed by atoms with Gasteiger partial charge in [-0.25, -0.2) is 4.98 Å². The minimum Gasteiger partial charge on any atom is -0.330 e. The van der Waals surface area contributed by atoms with Gasteiger partial charge >= 0.3 is 0 Å². The number of nitrogens with zero attached hydrogens (tertiary/aromatic N) is 2. The van der Waals surface area contributed by atoms with Crippen molar-refractivity contribution in [2.75, 3.05) is 11.9 Å². The van der Waals surface area contributed by atoms with Crippen LogP contribution in [0.15, 0.2) is 28.5 Å². The third-order valence-electron chi connectivity index (χ3n) is 2.72. The second-order valence-corrected chi connectivity index (χ2v) is 5.10. The largest absolute Gasteiger partial charge is 0.330 e. The van der Waals surface area contributed by atoms with E-state index in [1.807, 2.05) is 6.92 Å². The molecule has 0 saturated heterocycles. The van der Waals surface area contributed by atoms with Gasteiger partial charge in [-0.05, 0) is 19.5 Å². The van der Waals surface area contributed by atoms with E-state index in [4.69, 9.17) is 5.73 Å². The summed E-state index contributed by atoms with van der Waals surface area (Å²) in [7, 11) is 0. The highest BCUT2D eigenvalue weighted by molar-refractivity contribution is 7.09. The van der Waals surface area contributed by atoms with Crippen LogP contribution in [0.3, 0.4) is 0 Å². The van der Waals surface area contributed by atoms with Crippen LogP contribution in [0.25, 0.3) is 0 Å². The number of hydrogen-bond donors (Lipinski definition) is 2. The molecule has 0 fully saturated rings. The summed E-state index contributed by atoms with van der Waals surface area (Å²) in [5.74, 6) is -0.286. The lowest BCUT2D eigenvalue weighted by atomic mass is 10.3. The van der Waals surface area contributed by atoms with Gasteiger partial charge in [0.1, 0.15) is 5.69 Å². The number of aryl methyl sites for hydroxylation is 1. The fraction of sp³-hybridized carbons (Fsp3) is 0.308. The van der Waals surface area contributed by atoms with Crippen molar-refractivity contribution in [3.8, 4) is 0 Å². The maximum Gasteiger partial charge on any atom is 0.275 e. The molecule has 0 unspecified atom stereocenters. The van der Waals surface area contributed by atoms with Crippen LogP contribution in [0.1, 0.15) is 22.4 Å². The average Bonchev–Trinajstić information content (AvgIpc) is 2.90. The number of aromatic nitrogens is 2. The molecule has 2 aromatic heterocycles. The average molecular weight is 292 g/mol. The third-order valence-corrected chi connectivity index (χ3v) is 3.63. The number of nitrogens with one attached hydrogen (secondary N) is 1. The Bertz CT molecular complexity index is 662. The molecule has 0 atom stereocenters. The Hall–Kier alpha value is -1.99. The van der Waals surface area contributed by atoms with Gasteiger partial charge < -0.3 is 15.6 Å². The number of pyridine rings is 1. The van der Waals surface area contributed by atoms with Gasteiger partial charge in [-0.15, -0.1) is 11.3 Å². The molecule has 0 saturated carbocycles. The molecule has 2 rings (SSSR count). The van der Waals surface area contributed by atoms with Crippen molar-refractivity contribution in [3.05, 3.63) is 44.8 Å². The van der Waals surface area contributed by atoms with E-state index in [2.05, 4.69) is 10.3 Å². The van der Waals surface area contributed by atoms with E-state index in [9.17, 15) is 9.59 Å².